The predicted molar refractivity (Wildman–Crippen MR) is 67.4 cm³/mol. The number of hydrogen-bond acceptors (Lipinski definition) is 6. The predicted octanol–water partition coefficient (Wildman–Crippen LogP) is 0.897. The molecule has 0 amide bonds. The highest BCUT2D eigenvalue weighted by Gasteiger charge is 2.22. The molecule has 1 heterocycles. The lowest BCUT2D eigenvalue weighted by molar-refractivity contribution is -0.384. The van der Waals surface area contributed by atoms with Gasteiger partial charge in [0.25, 0.3) is 0 Å². The third kappa shape index (κ3) is 3.62. The van der Waals surface area contributed by atoms with Crippen LogP contribution in [0.15, 0.2) is 12.1 Å². The molecule has 0 aliphatic heterocycles. The summed E-state index contributed by atoms with van der Waals surface area (Å²) < 4.78 is 0. The van der Waals surface area contributed by atoms with Gasteiger partial charge in [-0.15, -0.1) is 0 Å². The Bertz CT molecular complexity index is 471. The maximum atomic E-state index is 10.9. The molecule has 2 N–H and O–H groups in total. The van der Waals surface area contributed by atoms with E-state index in [9.17, 15) is 14.9 Å². The molecule has 0 unspecified atom stereocenters. The van der Waals surface area contributed by atoms with Gasteiger partial charge in [0.1, 0.15) is 0 Å². The van der Waals surface area contributed by atoms with Crippen LogP contribution in [0.4, 0.5) is 11.5 Å². The van der Waals surface area contributed by atoms with Gasteiger partial charge in [-0.2, -0.15) is 0 Å². The van der Waals surface area contributed by atoms with Crippen LogP contribution in [0.1, 0.15) is 23.8 Å². The number of aliphatic hydroxyl groups excluding tert-OH is 1. The number of nitro groups is 1. The molecule has 0 bridgehead atoms. The van der Waals surface area contributed by atoms with Gasteiger partial charge in [0.05, 0.1) is 11.5 Å². The van der Waals surface area contributed by atoms with Crippen molar-refractivity contribution >= 4 is 17.5 Å². The second-order valence-electron chi connectivity index (χ2n) is 3.81. The molecule has 1 aromatic heterocycles. The molecule has 0 fully saturated rings. The van der Waals surface area contributed by atoms with Crippen LogP contribution in [-0.4, -0.2) is 45.8 Å². The van der Waals surface area contributed by atoms with Crippen LogP contribution in [0.5, 0.6) is 0 Å². The van der Waals surface area contributed by atoms with Gasteiger partial charge in [-0.25, -0.2) is 9.78 Å². The van der Waals surface area contributed by atoms with Gasteiger partial charge in [-0.3, -0.25) is 10.1 Å². The molecule has 0 aromatic carbocycles. The van der Waals surface area contributed by atoms with E-state index in [1.165, 1.54) is 4.90 Å². The van der Waals surface area contributed by atoms with E-state index in [0.717, 1.165) is 12.1 Å². The minimum absolute atomic E-state index is 0.0270. The zero-order valence-electron chi connectivity index (χ0n) is 10.4. The summed E-state index contributed by atoms with van der Waals surface area (Å²) >= 11 is 0. The van der Waals surface area contributed by atoms with Gasteiger partial charge >= 0.3 is 11.7 Å². The van der Waals surface area contributed by atoms with E-state index in [1.807, 2.05) is 6.92 Å². The Morgan fingerprint density at radius 1 is 1.47 bits per heavy atom. The molecule has 1 rings (SSSR count). The van der Waals surface area contributed by atoms with Crippen molar-refractivity contribution in [1.29, 1.82) is 0 Å². The first kappa shape index (κ1) is 14.8. The van der Waals surface area contributed by atoms with E-state index in [2.05, 4.69) is 4.98 Å². The lowest BCUT2D eigenvalue weighted by Crippen LogP contribution is -2.29. The van der Waals surface area contributed by atoms with Crippen molar-refractivity contribution in [2.75, 3.05) is 24.6 Å². The number of anilines is 1. The number of carboxylic acid groups (broad SMARTS) is 1. The Kier molecular flexibility index (Phi) is 5.19. The first-order chi connectivity index (χ1) is 9.01. The molecule has 104 valence electrons. The quantitative estimate of drug-likeness (QED) is 0.557. The van der Waals surface area contributed by atoms with E-state index in [4.69, 9.17) is 10.2 Å². The largest absolute Gasteiger partial charge is 0.477 e. The number of rotatable bonds is 7. The van der Waals surface area contributed by atoms with Gasteiger partial charge in [0, 0.05) is 19.2 Å². The summed E-state index contributed by atoms with van der Waals surface area (Å²) in [7, 11) is 0. The molecule has 8 heteroatoms. The summed E-state index contributed by atoms with van der Waals surface area (Å²) in [5, 5.41) is 28.8. The van der Waals surface area contributed by atoms with E-state index < -0.39 is 10.9 Å². The van der Waals surface area contributed by atoms with Crippen molar-refractivity contribution in [3.05, 3.63) is 27.9 Å². The summed E-state index contributed by atoms with van der Waals surface area (Å²) in [6, 6.07) is 2.21. The summed E-state index contributed by atoms with van der Waals surface area (Å²) in [5.74, 6) is -1.28. The molecule has 0 saturated carbocycles. The highest BCUT2D eigenvalue weighted by atomic mass is 16.6. The number of aromatic carboxylic acids is 1. The number of carbonyl (C=O) groups is 1. The fourth-order valence-electron chi connectivity index (χ4n) is 1.65. The van der Waals surface area contributed by atoms with Crippen LogP contribution < -0.4 is 4.90 Å². The number of carboxylic acids is 1. The van der Waals surface area contributed by atoms with Gasteiger partial charge in [-0.1, -0.05) is 6.92 Å². The molecule has 0 spiro atoms. The Morgan fingerprint density at radius 3 is 2.63 bits per heavy atom. The van der Waals surface area contributed by atoms with Crippen molar-refractivity contribution in [2.24, 2.45) is 0 Å². The molecule has 19 heavy (non-hydrogen) atoms. The molecule has 0 aliphatic carbocycles. The molecule has 1 aromatic rings. The Morgan fingerprint density at radius 2 is 2.16 bits per heavy atom. The summed E-state index contributed by atoms with van der Waals surface area (Å²) in [4.78, 5) is 26.5. The van der Waals surface area contributed by atoms with Crippen molar-refractivity contribution in [1.82, 2.24) is 4.98 Å². The first-order valence-electron chi connectivity index (χ1n) is 5.75. The second-order valence-corrected chi connectivity index (χ2v) is 3.81. The normalized spacial score (nSPS) is 10.2. The monoisotopic (exact) mass is 269 g/mol. The average Bonchev–Trinajstić information content (AvgIpc) is 2.37. The van der Waals surface area contributed by atoms with Crippen molar-refractivity contribution in [2.45, 2.75) is 13.3 Å². The zero-order valence-corrected chi connectivity index (χ0v) is 10.4. The van der Waals surface area contributed by atoms with Gasteiger partial charge in [0.2, 0.25) is 5.82 Å². The lowest BCUT2D eigenvalue weighted by Gasteiger charge is -2.21. The molecule has 0 aliphatic rings. The topological polar surface area (TPSA) is 117 Å². The molecular formula is C11H15N3O5. The third-order valence-electron chi connectivity index (χ3n) is 2.43. The number of hydrogen-bond donors (Lipinski definition) is 2. The zero-order chi connectivity index (χ0) is 14.4. The minimum Gasteiger partial charge on any atom is -0.477 e. The highest BCUT2D eigenvalue weighted by molar-refractivity contribution is 5.86. The molecule has 0 saturated heterocycles. The Balaban J connectivity index is 3.28. The number of aromatic nitrogens is 1. The van der Waals surface area contributed by atoms with Gasteiger partial charge in [-0.05, 0) is 12.5 Å². The number of pyridine rings is 1. The highest BCUT2D eigenvalue weighted by Crippen LogP contribution is 2.26. The summed E-state index contributed by atoms with van der Waals surface area (Å²) in [6.07, 6.45) is 0.691. The minimum atomic E-state index is -1.25. The lowest BCUT2D eigenvalue weighted by atomic mass is 10.3. The molecule has 0 atom stereocenters. The van der Waals surface area contributed by atoms with Crippen molar-refractivity contribution in [3.63, 3.8) is 0 Å². The molecular weight excluding hydrogens is 254 g/mol. The molecule has 8 nitrogen and oxygen atoms in total. The van der Waals surface area contributed by atoms with Gasteiger partial charge < -0.3 is 15.1 Å². The summed E-state index contributed by atoms with van der Waals surface area (Å²) in [5.41, 5.74) is -0.536. The maximum absolute atomic E-state index is 10.9. The number of aliphatic hydroxyl groups is 1. The second kappa shape index (κ2) is 6.64. The average molecular weight is 269 g/mol. The maximum Gasteiger partial charge on any atom is 0.354 e. The first-order valence-corrected chi connectivity index (χ1v) is 5.75. The standard InChI is InChI=1S/C11H15N3O5/c1-2-5-13(6-7-15)10-9(14(18)19)4-3-8(12-10)11(16)17/h3-4,15H,2,5-7H2,1H3,(H,16,17). The van der Waals surface area contributed by atoms with Crippen molar-refractivity contribution in [3.8, 4) is 0 Å². The van der Waals surface area contributed by atoms with E-state index >= 15 is 0 Å². The Hall–Kier alpha value is -2.22. The molecule has 0 radical (unpaired) electrons. The van der Waals surface area contributed by atoms with Crippen LogP contribution in [0, 0.1) is 10.1 Å². The van der Waals surface area contributed by atoms with Crippen LogP contribution >= 0.6 is 0 Å². The third-order valence-corrected chi connectivity index (χ3v) is 2.43. The van der Waals surface area contributed by atoms with Crippen LogP contribution in [0.2, 0.25) is 0 Å². The summed E-state index contributed by atoms with van der Waals surface area (Å²) in [6.45, 7) is 2.27. The fraction of sp³-hybridized carbons (Fsp3) is 0.455. The van der Waals surface area contributed by atoms with E-state index in [0.29, 0.717) is 13.0 Å². The van der Waals surface area contributed by atoms with E-state index in [-0.39, 0.29) is 30.4 Å². The fourth-order valence-corrected chi connectivity index (χ4v) is 1.65. The van der Waals surface area contributed by atoms with E-state index in [1.54, 1.807) is 0 Å². The van der Waals surface area contributed by atoms with Crippen LogP contribution in [0.25, 0.3) is 0 Å². The number of nitrogens with zero attached hydrogens (tertiary/aromatic N) is 3. The van der Waals surface area contributed by atoms with Gasteiger partial charge in [0.15, 0.2) is 5.69 Å². The smallest absolute Gasteiger partial charge is 0.354 e. The Labute approximate surface area is 109 Å². The van der Waals surface area contributed by atoms with Crippen LogP contribution in [0.3, 0.4) is 0 Å². The van der Waals surface area contributed by atoms with Crippen LogP contribution in [-0.2, 0) is 0 Å². The van der Waals surface area contributed by atoms with Crippen molar-refractivity contribution < 1.29 is 19.9 Å². The SMILES string of the molecule is CCCN(CCO)c1nc(C(=O)O)ccc1[N+](=O)[O-].